The number of halogens is 4. The topological polar surface area (TPSA) is 46.5 Å². The summed E-state index contributed by atoms with van der Waals surface area (Å²) in [5, 5.41) is 8.98. The van der Waals surface area contributed by atoms with Crippen molar-refractivity contribution < 1.29 is 27.8 Å². The van der Waals surface area contributed by atoms with Gasteiger partial charge in [-0.15, -0.1) is 0 Å². The molecular formula is C10H8ClF3O3. The number of carbonyl (C=O) groups is 1. The highest BCUT2D eigenvalue weighted by Crippen LogP contribution is 2.45. The second-order valence-corrected chi connectivity index (χ2v) is 3.76. The fourth-order valence-electron chi connectivity index (χ4n) is 1.23. The van der Waals surface area contributed by atoms with Crippen molar-refractivity contribution in [2.45, 2.75) is 11.1 Å². The molecule has 0 aliphatic heterocycles. The van der Waals surface area contributed by atoms with Crippen LogP contribution in [0.25, 0.3) is 0 Å². The van der Waals surface area contributed by atoms with Crippen molar-refractivity contribution in [1.29, 1.82) is 0 Å². The Hall–Kier alpha value is -1.43. The highest BCUT2D eigenvalue weighted by molar-refractivity contribution is 6.34. The predicted octanol–water partition coefficient (Wildman–Crippen LogP) is 2.56. The number of alkyl halides is 4. The average Bonchev–Trinajstić information content (AvgIpc) is 2.26. The van der Waals surface area contributed by atoms with Gasteiger partial charge in [-0.1, -0.05) is 23.7 Å². The molecule has 0 radical (unpaired) electrons. The number of esters is 1. The minimum atomic E-state index is -5.02. The fraction of sp³-hybridized carbons (Fsp3) is 0.300. The van der Waals surface area contributed by atoms with Gasteiger partial charge in [-0.2, -0.15) is 13.2 Å². The number of rotatable bonds is 2. The summed E-state index contributed by atoms with van der Waals surface area (Å²) in [6.45, 7) is 0. The van der Waals surface area contributed by atoms with E-state index in [1.54, 1.807) is 0 Å². The predicted molar refractivity (Wildman–Crippen MR) is 53.7 cm³/mol. The lowest BCUT2D eigenvalue weighted by Crippen LogP contribution is -2.45. The summed E-state index contributed by atoms with van der Waals surface area (Å²) in [6, 6.07) is 3.82. The largest absolute Gasteiger partial charge is 0.508 e. The molecule has 0 fully saturated rings. The van der Waals surface area contributed by atoms with Gasteiger partial charge < -0.3 is 9.84 Å². The van der Waals surface area contributed by atoms with Gasteiger partial charge in [0.1, 0.15) is 5.75 Å². The number of aromatic hydroxyl groups is 1. The Labute approximate surface area is 99.8 Å². The summed E-state index contributed by atoms with van der Waals surface area (Å²) in [6.07, 6.45) is -5.02. The second kappa shape index (κ2) is 4.44. The summed E-state index contributed by atoms with van der Waals surface area (Å²) in [5.41, 5.74) is -0.517. The van der Waals surface area contributed by atoms with Gasteiger partial charge in [0.25, 0.3) is 4.87 Å². The molecule has 1 N–H and O–H groups in total. The van der Waals surface area contributed by atoms with Gasteiger partial charge in [-0.05, 0) is 17.7 Å². The van der Waals surface area contributed by atoms with Crippen LogP contribution in [0, 0.1) is 0 Å². The summed E-state index contributed by atoms with van der Waals surface area (Å²) in [7, 11) is 0.811. The number of carbonyl (C=O) groups excluding carboxylic acids is 1. The van der Waals surface area contributed by atoms with Gasteiger partial charge in [0, 0.05) is 0 Å². The molecule has 1 atom stereocenters. The summed E-state index contributed by atoms with van der Waals surface area (Å²) in [5.74, 6) is -1.86. The molecule has 7 heteroatoms. The highest BCUT2D eigenvalue weighted by atomic mass is 35.5. The molecule has 0 aliphatic carbocycles. The van der Waals surface area contributed by atoms with Gasteiger partial charge in [0.2, 0.25) is 0 Å². The van der Waals surface area contributed by atoms with Crippen LogP contribution in [0.4, 0.5) is 13.2 Å². The van der Waals surface area contributed by atoms with Gasteiger partial charge in [0.05, 0.1) is 7.11 Å². The van der Waals surface area contributed by atoms with Crippen LogP contribution in [-0.4, -0.2) is 24.4 Å². The first-order chi connectivity index (χ1) is 7.73. The Balaban J connectivity index is 3.34. The van der Waals surface area contributed by atoms with Crippen molar-refractivity contribution in [2.75, 3.05) is 7.11 Å². The third-order valence-electron chi connectivity index (χ3n) is 2.12. The maximum absolute atomic E-state index is 12.8. The Morgan fingerprint density at radius 1 is 1.29 bits per heavy atom. The van der Waals surface area contributed by atoms with Crippen LogP contribution in [0.1, 0.15) is 5.56 Å². The number of phenols is 1. The Bertz CT molecular complexity index is 416. The second-order valence-electron chi connectivity index (χ2n) is 3.19. The minimum Gasteiger partial charge on any atom is -0.508 e. The molecule has 0 heterocycles. The van der Waals surface area contributed by atoms with Crippen LogP contribution < -0.4 is 0 Å². The van der Waals surface area contributed by atoms with E-state index in [0.717, 1.165) is 31.4 Å². The van der Waals surface area contributed by atoms with Crippen LogP contribution >= 0.6 is 11.6 Å². The van der Waals surface area contributed by atoms with Crippen molar-refractivity contribution in [2.24, 2.45) is 0 Å². The van der Waals surface area contributed by atoms with Gasteiger partial charge in [-0.25, -0.2) is 4.79 Å². The zero-order valence-corrected chi connectivity index (χ0v) is 9.34. The first-order valence-corrected chi connectivity index (χ1v) is 4.75. The molecule has 0 saturated heterocycles. The van der Waals surface area contributed by atoms with E-state index in [1.807, 2.05) is 0 Å². The van der Waals surface area contributed by atoms with Crippen LogP contribution in [0.15, 0.2) is 24.3 Å². The van der Waals surface area contributed by atoms with Crippen molar-refractivity contribution in [3.8, 4) is 5.75 Å². The summed E-state index contributed by atoms with van der Waals surface area (Å²) < 4.78 is 42.6. The molecule has 0 amide bonds. The highest BCUT2D eigenvalue weighted by Gasteiger charge is 2.61. The number of phenolic OH excluding ortho intramolecular Hbond substituents is 1. The monoisotopic (exact) mass is 268 g/mol. The zero-order chi connectivity index (χ0) is 13.3. The quantitative estimate of drug-likeness (QED) is 0.662. The number of benzene rings is 1. The SMILES string of the molecule is COC(=O)[C@@](Cl)(c1ccc(O)cc1)C(F)(F)F. The van der Waals surface area contributed by atoms with E-state index in [9.17, 15) is 18.0 Å². The Morgan fingerprint density at radius 2 is 1.76 bits per heavy atom. The molecule has 0 aromatic heterocycles. The minimum absolute atomic E-state index is 0.236. The van der Waals surface area contributed by atoms with Crippen molar-refractivity contribution >= 4 is 17.6 Å². The van der Waals surface area contributed by atoms with E-state index in [1.165, 1.54) is 0 Å². The third-order valence-corrected chi connectivity index (χ3v) is 2.71. The van der Waals surface area contributed by atoms with Crippen molar-refractivity contribution in [3.05, 3.63) is 29.8 Å². The number of hydrogen-bond donors (Lipinski definition) is 1. The first-order valence-electron chi connectivity index (χ1n) is 4.37. The molecule has 0 aliphatic rings. The fourth-order valence-corrected chi connectivity index (χ4v) is 1.43. The molecular weight excluding hydrogens is 261 g/mol. The third kappa shape index (κ3) is 2.31. The van der Waals surface area contributed by atoms with E-state index in [4.69, 9.17) is 16.7 Å². The molecule has 17 heavy (non-hydrogen) atoms. The molecule has 0 bridgehead atoms. The molecule has 1 aromatic carbocycles. The van der Waals surface area contributed by atoms with E-state index < -0.39 is 22.6 Å². The van der Waals surface area contributed by atoms with E-state index in [2.05, 4.69) is 4.74 Å². The zero-order valence-electron chi connectivity index (χ0n) is 8.58. The number of methoxy groups -OCH3 is 1. The van der Waals surface area contributed by atoms with Crippen LogP contribution in [-0.2, 0) is 14.4 Å². The van der Waals surface area contributed by atoms with Crippen LogP contribution in [0.5, 0.6) is 5.75 Å². The molecule has 1 aromatic rings. The lowest BCUT2D eigenvalue weighted by molar-refractivity contribution is -0.189. The number of hydrogen-bond acceptors (Lipinski definition) is 3. The van der Waals surface area contributed by atoms with Crippen molar-refractivity contribution in [3.63, 3.8) is 0 Å². The van der Waals surface area contributed by atoms with Crippen LogP contribution in [0.2, 0.25) is 0 Å². The lowest BCUT2D eigenvalue weighted by Gasteiger charge is -2.27. The molecule has 0 saturated carbocycles. The average molecular weight is 269 g/mol. The van der Waals surface area contributed by atoms with Crippen molar-refractivity contribution in [1.82, 2.24) is 0 Å². The Morgan fingerprint density at radius 3 is 2.12 bits per heavy atom. The van der Waals surface area contributed by atoms with E-state index in [0.29, 0.717) is 0 Å². The molecule has 3 nitrogen and oxygen atoms in total. The summed E-state index contributed by atoms with van der Waals surface area (Å²) >= 11 is 5.36. The lowest BCUT2D eigenvalue weighted by atomic mass is 9.97. The normalized spacial score (nSPS) is 15.1. The molecule has 94 valence electrons. The molecule has 0 unspecified atom stereocenters. The molecule has 1 rings (SSSR count). The first kappa shape index (κ1) is 13.6. The van der Waals surface area contributed by atoms with Gasteiger partial charge in [0.15, 0.2) is 0 Å². The van der Waals surface area contributed by atoms with Gasteiger partial charge in [-0.3, -0.25) is 0 Å². The Kier molecular flexibility index (Phi) is 3.56. The summed E-state index contributed by atoms with van der Waals surface area (Å²) in [4.78, 5) is 7.96. The smallest absolute Gasteiger partial charge is 0.422 e. The van der Waals surface area contributed by atoms with E-state index >= 15 is 0 Å². The maximum Gasteiger partial charge on any atom is 0.422 e. The van der Waals surface area contributed by atoms with E-state index in [-0.39, 0.29) is 5.75 Å². The maximum atomic E-state index is 12.8. The number of ether oxygens (including phenoxy) is 1. The van der Waals surface area contributed by atoms with Crippen LogP contribution in [0.3, 0.4) is 0 Å². The van der Waals surface area contributed by atoms with Gasteiger partial charge >= 0.3 is 12.1 Å². The molecule has 0 spiro atoms. The standard InChI is InChI=1S/C10H8ClF3O3/c1-17-8(16)9(11,10(12,13)14)6-2-4-7(15)5-3-6/h2-5,15H,1H3/t9-/m0/s1.